The topological polar surface area (TPSA) is 80.9 Å². The second-order valence-corrected chi connectivity index (χ2v) is 6.09. The summed E-state index contributed by atoms with van der Waals surface area (Å²) < 4.78 is 5.13. The molecule has 3 aromatic heterocycles. The number of pyridine rings is 1. The largest absolute Gasteiger partial charge is 0.361 e. The van der Waals surface area contributed by atoms with Crippen molar-refractivity contribution in [2.24, 2.45) is 0 Å². The lowest BCUT2D eigenvalue weighted by molar-refractivity contribution is -0.117. The molecule has 0 spiro atoms. The fourth-order valence-corrected chi connectivity index (χ4v) is 3.15. The number of carbonyl (C=O) groups excluding carboxylic acids is 1. The van der Waals surface area contributed by atoms with Crippen LogP contribution < -0.4 is 5.32 Å². The first kappa shape index (κ1) is 15.4. The number of anilines is 1. The highest BCUT2D eigenvalue weighted by Crippen LogP contribution is 2.27. The van der Waals surface area contributed by atoms with E-state index in [2.05, 4.69) is 20.4 Å². The third kappa shape index (κ3) is 3.14. The van der Waals surface area contributed by atoms with Gasteiger partial charge in [-0.15, -0.1) is 11.3 Å². The Balaban J connectivity index is 1.75. The maximum absolute atomic E-state index is 12.4. The van der Waals surface area contributed by atoms with Gasteiger partial charge in [-0.2, -0.15) is 0 Å². The van der Waals surface area contributed by atoms with E-state index < -0.39 is 0 Å². The molecule has 118 valence electrons. The summed E-state index contributed by atoms with van der Waals surface area (Å²) in [5, 5.41) is 9.21. The van der Waals surface area contributed by atoms with Crippen LogP contribution in [-0.4, -0.2) is 21.0 Å². The molecule has 0 aliphatic rings. The van der Waals surface area contributed by atoms with Gasteiger partial charge >= 0.3 is 0 Å². The van der Waals surface area contributed by atoms with Gasteiger partial charge < -0.3 is 9.84 Å². The van der Waals surface area contributed by atoms with Crippen molar-refractivity contribution in [3.05, 3.63) is 46.9 Å². The van der Waals surface area contributed by atoms with Crippen LogP contribution in [0.5, 0.6) is 0 Å². The highest BCUT2D eigenvalue weighted by Gasteiger charge is 2.23. The number of amides is 1. The predicted octanol–water partition coefficient (Wildman–Crippen LogP) is 3.55. The molecule has 0 unspecified atom stereocenters. The van der Waals surface area contributed by atoms with Crippen molar-refractivity contribution >= 4 is 22.4 Å². The zero-order valence-corrected chi connectivity index (χ0v) is 13.8. The molecule has 1 N–H and O–H groups in total. The van der Waals surface area contributed by atoms with Crippen molar-refractivity contribution in [1.82, 2.24) is 15.1 Å². The molecule has 0 fully saturated rings. The Labute approximate surface area is 137 Å². The van der Waals surface area contributed by atoms with Crippen molar-refractivity contribution in [3.8, 4) is 11.3 Å². The number of aryl methyl sites for hydroxylation is 2. The Morgan fingerprint density at radius 1 is 1.39 bits per heavy atom. The summed E-state index contributed by atoms with van der Waals surface area (Å²) in [7, 11) is 0. The van der Waals surface area contributed by atoms with Crippen LogP contribution in [-0.2, 0) is 4.79 Å². The third-order valence-corrected chi connectivity index (χ3v) is 4.36. The van der Waals surface area contributed by atoms with Crippen molar-refractivity contribution in [2.75, 3.05) is 5.32 Å². The summed E-state index contributed by atoms with van der Waals surface area (Å²) in [6.07, 6.45) is 3.46. The minimum absolute atomic E-state index is 0.133. The van der Waals surface area contributed by atoms with E-state index in [1.165, 1.54) is 11.3 Å². The quantitative estimate of drug-likeness (QED) is 0.792. The number of hydrogen-bond acceptors (Lipinski definition) is 6. The average Bonchev–Trinajstić information content (AvgIpc) is 3.14. The molecule has 7 heteroatoms. The Morgan fingerprint density at radius 2 is 2.22 bits per heavy atom. The van der Waals surface area contributed by atoms with Crippen LogP contribution >= 0.6 is 11.3 Å². The molecular formula is C16H16N4O2S. The van der Waals surface area contributed by atoms with Gasteiger partial charge in [0, 0.05) is 28.9 Å². The van der Waals surface area contributed by atoms with Crippen LogP contribution in [0.2, 0.25) is 0 Å². The molecular weight excluding hydrogens is 312 g/mol. The van der Waals surface area contributed by atoms with E-state index in [-0.39, 0.29) is 11.8 Å². The van der Waals surface area contributed by atoms with Gasteiger partial charge in [-0.05, 0) is 32.9 Å². The first-order valence-electron chi connectivity index (χ1n) is 7.16. The number of hydrogen-bond donors (Lipinski definition) is 1. The Hall–Kier alpha value is -2.54. The maximum atomic E-state index is 12.4. The fraction of sp³-hybridized carbons (Fsp3) is 0.250. The van der Waals surface area contributed by atoms with Gasteiger partial charge in [-0.25, -0.2) is 4.98 Å². The van der Waals surface area contributed by atoms with E-state index in [0.717, 1.165) is 22.5 Å². The molecule has 0 radical (unpaired) electrons. The van der Waals surface area contributed by atoms with Crippen LogP contribution in [0.15, 0.2) is 34.4 Å². The second kappa shape index (κ2) is 6.29. The summed E-state index contributed by atoms with van der Waals surface area (Å²) in [6.45, 7) is 5.47. The second-order valence-electron chi connectivity index (χ2n) is 5.23. The lowest BCUT2D eigenvalue weighted by Gasteiger charge is -2.10. The van der Waals surface area contributed by atoms with Gasteiger partial charge in [0.15, 0.2) is 5.13 Å². The maximum Gasteiger partial charge on any atom is 0.233 e. The number of nitrogens with zero attached hydrogens (tertiary/aromatic N) is 3. The van der Waals surface area contributed by atoms with Crippen molar-refractivity contribution in [3.63, 3.8) is 0 Å². The minimum Gasteiger partial charge on any atom is -0.361 e. The number of aromatic nitrogens is 3. The Morgan fingerprint density at radius 3 is 2.87 bits per heavy atom. The summed E-state index contributed by atoms with van der Waals surface area (Å²) in [5.74, 6) is 0.179. The number of nitrogens with one attached hydrogen (secondary N) is 1. The van der Waals surface area contributed by atoms with Gasteiger partial charge in [0.05, 0.1) is 17.3 Å². The zero-order valence-electron chi connectivity index (χ0n) is 13.0. The van der Waals surface area contributed by atoms with E-state index in [1.54, 1.807) is 12.4 Å². The molecule has 3 aromatic rings. The number of carbonyl (C=O) groups is 1. The summed E-state index contributed by atoms with van der Waals surface area (Å²) in [5.41, 5.74) is 3.28. The van der Waals surface area contributed by atoms with Crippen LogP contribution in [0.4, 0.5) is 5.13 Å². The molecule has 6 nitrogen and oxygen atoms in total. The molecule has 0 aliphatic carbocycles. The standard InChI is InChI=1S/C16H16N4O2S/c1-9(14-10(2)20-22-11(14)3)15(21)19-16-18-13(8-23-16)12-5-4-6-17-7-12/h4-9H,1-3H3,(H,18,19,21)/t9-/m0/s1. The fourth-order valence-electron chi connectivity index (χ4n) is 2.43. The molecule has 0 aliphatic heterocycles. The van der Waals surface area contributed by atoms with Gasteiger partial charge in [0.2, 0.25) is 5.91 Å². The molecule has 23 heavy (non-hydrogen) atoms. The summed E-state index contributed by atoms with van der Waals surface area (Å²) in [6, 6.07) is 3.78. The van der Waals surface area contributed by atoms with Gasteiger partial charge in [-0.3, -0.25) is 9.78 Å². The Bertz CT molecular complexity index is 806. The predicted molar refractivity (Wildman–Crippen MR) is 88.4 cm³/mol. The molecule has 0 saturated carbocycles. The molecule has 1 atom stereocenters. The normalized spacial score (nSPS) is 12.1. The highest BCUT2D eigenvalue weighted by molar-refractivity contribution is 7.14. The minimum atomic E-state index is -0.355. The zero-order chi connectivity index (χ0) is 16.4. The van der Waals surface area contributed by atoms with Gasteiger partial charge in [0.25, 0.3) is 0 Å². The SMILES string of the molecule is Cc1noc(C)c1[C@H](C)C(=O)Nc1nc(-c2cccnc2)cs1. The van der Waals surface area contributed by atoms with E-state index in [0.29, 0.717) is 10.9 Å². The van der Waals surface area contributed by atoms with Crippen LogP contribution in [0, 0.1) is 13.8 Å². The molecule has 0 bridgehead atoms. The molecule has 0 aromatic carbocycles. The van der Waals surface area contributed by atoms with Crippen molar-refractivity contribution in [1.29, 1.82) is 0 Å². The van der Waals surface area contributed by atoms with Gasteiger partial charge in [-0.1, -0.05) is 5.16 Å². The number of thiazole rings is 1. The molecule has 3 rings (SSSR count). The van der Waals surface area contributed by atoms with E-state index in [9.17, 15) is 4.79 Å². The van der Waals surface area contributed by atoms with E-state index in [4.69, 9.17) is 4.52 Å². The first-order chi connectivity index (χ1) is 11.1. The van der Waals surface area contributed by atoms with Gasteiger partial charge in [0.1, 0.15) is 5.76 Å². The average molecular weight is 328 g/mol. The van der Waals surface area contributed by atoms with Crippen LogP contribution in [0.1, 0.15) is 29.9 Å². The first-order valence-corrected chi connectivity index (χ1v) is 8.03. The lowest BCUT2D eigenvalue weighted by Crippen LogP contribution is -2.19. The molecule has 1 amide bonds. The Kier molecular flexibility index (Phi) is 4.20. The smallest absolute Gasteiger partial charge is 0.233 e. The number of rotatable bonds is 4. The van der Waals surface area contributed by atoms with E-state index in [1.807, 2.05) is 38.3 Å². The van der Waals surface area contributed by atoms with Crippen molar-refractivity contribution in [2.45, 2.75) is 26.7 Å². The van der Waals surface area contributed by atoms with Crippen molar-refractivity contribution < 1.29 is 9.32 Å². The molecule has 0 saturated heterocycles. The molecule has 3 heterocycles. The lowest BCUT2D eigenvalue weighted by atomic mass is 9.99. The van der Waals surface area contributed by atoms with E-state index >= 15 is 0 Å². The monoisotopic (exact) mass is 328 g/mol. The summed E-state index contributed by atoms with van der Waals surface area (Å²) >= 11 is 1.39. The third-order valence-electron chi connectivity index (χ3n) is 3.61. The summed E-state index contributed by atoms with van der Waals surface area (Å²) in [4.78, 5) is 20.9. The highest BCUT2D eigenvalue weighted by atomic mass is 32.1. The van der Waals surface area contributed by atoms with Crippen LogP contribution in [0.25, 0.3) is 11.3 Å². The van der Waals surface area contributed by atoms with Crippen LogP contribution in [0.3, 0.4) is 0 Å².